The molecule has 3 heteroatoms. The van der Waals surface area contributed by atoms with Gasteiger partial charge in [0, 0.05) is 21.5 Å². The Bertz CT molecular complexity index is 309. The lowest BCUT2D eigenvalue weighted by Gasteiger charge is -2.01. The number of carbonyl (C=O) groups is 1. The smallest absolute Gasteiger partial charge is 0.163 e. The van der Waals surface area contributed by atoms with Crippen LogP contribution in [0.5, 0.6) is 0 Å². The third kappa shape index (κ3) is 2.08. The molecule has 0 aliphatic carbocycles. The molecule has 0 spiro atoms. The first-order chi connectivity index (χ1) is 5.65. The van der Waals surface area contributed by atoms with Gasteiger partial charge in [-0.05, 0) is 18.2 Å². The largest absolute Gasteiger partial charge is 0.294 e. The van der Waals surface area contributed by atoms with Crippen molar-refractivity contribution in [3.8, 4) is 0 Å². The van der Waals surface area contributed by atoms with Crippen LogP contribution in [0.15, 0.2) is 22.7 Å². The van der Waals surface area contributed by atoms with E-state index in [1.165, 1.54) is 0 Å². The Morgan fingerprint density at radius 2 is 2.25 bits per heavy atom. The third-order valence-electron chi connectivity index (χ3n) is 1.55. The monoisotopic (exact) mass is 246 g/mol. The fourth-order valence-electron chi connectivity index (χ4n) is 0.902. The first kappa shape index (κ1) is 9.75. The Balaban J connectivity index is 3.13. The van der Waals surface area contributed by atoms with Crippen LogP contribution in [0.25, 0.3) is 0 Å². The third-order valence-corrected chi connectivity index (χ3v) is 2.48. The van der Waals surface area contributed by atoms with Gasteiger partial charge in [-0.25, -0.2) is 0 Å². The van der Waals surface area contributed by atoms with Crippen molar-refractivity contribution in [3.63, 3.8) is 0 Å². The van der Waals surface area contributed by atoms with E-state index in [1.54, 1.807) is 18.2 Å². The van der Waals surface area contributed by atoms with Gasteiger partial charge in [0.2, 0.25) is 0 Å². The average molecular weight is 248 g/mol. The van der Waals surface area contributed by atoms with E-state index in [0.29, 0.717) is 17.0 Å². The van der Waals surface area contributed by atoms with Crippen molar-refractivity contribution in [2.24, 2.45) is 0 Å². The Morgan fingerprint density at radius 3 is 2.83 bits per heavy atom. The SMILES string of the molecule is CCC(=O)c1cc(Cl)ccc1Br. The van der Waals surface area contributed by atoms with E-state index in [0.717, 1.165) is 4.47 Å². The van der Waals surface area contributed by atoms with Crippen LogP contribution in [0.3, 0.4) is 0 Å². The molecule has 0 aliphatic rings. The summed E-state index contributed by atoms with van der Waals surface area (Å²) in [6.45, 7) is 1.83. The fraction of sp³-hybridized carbons (Fsp3) is 0.222. The van der Waals surface area contributed by atoms with Crippen molar-refractivity contribution in [2.45, 2.75) is 13.3 Å². The van der Waals surface area contributed by atoms with Gasteiger partial charge < -0.3 is 0 Å². The molecule has 1 rings (SSSR count). The second-order valence-corrected chi connectivity index (χ2v) is 3.69. The summed E-state index contributed by atoms with van der Waals surface area (Å²) in [7, 11) is 0. The summed E-state index contributed by atoms with van der Waals surface area (Å²) in [4.78, 5) is 11.3. The van der Waals surface area contributed by atoms with E-state index in [2.05, 4.69) is 15.9 Å². The topological polar surface area (TPSA) is 17.1 Å². The highest BCUT2D eigenvalue weighted by atomic mass is 79.9. The molecule has 1 nitrogen and oxygen atoms in total. The second-order valence-electron chi connectivity index (χ2n) is 2.40. The number of ketones is 1. The van der Waals surface area contributed by atoms with Crippen LogP contribution in [0.1, 0.15) is 23.7 Å². The summed E-state index contributed by atoms with van der Waals surface area (Å²) in [5.41, 5.74) is 0.657. The highest BCUT2D eigenvalue weighted by Gasteiger charge is 2.07. The van der Waals surface area contributed by atoms with E-state index in [4.69, 9.17) is 11.6 Å². The van der Waals surface area contributed by atoms with Gasteiger partial charge in [0.15, 0.2) is 5.78 Å². The molecule has 0 amide bonds. The van der Waals surface area contributed by atoms with E-state index in [-0.39, 0.29) is 5.78 Å². The van der Waals surface area contributed by atoms with E-state index >= 15 is 0 Å². The number of hydrogen-bond acceptors (Lipinski definition) is 1. The molecule has 0 N–H and O–H groups in total. The second kappa shape index (κ2) is 4.06. The number of carbonyl (C=O) groups excluding carboxylic acids is 1. The molecular formula is C9H8BrClO. The standard InChI is InChI=1S/C9H8BrClO/c1-2-9(12)7-5-6(11)3-4-8(7)10/h3-5H,2H2,1H3. The molecule has 0 saturated heterocycles. The van der Waals surface area contributed by atoms with E-state index in [1.807, 2.05) is 6.92 Å². The molecule has 0 radical (unpaired) electrons. The zero-order chi connectivity index (χ0) is 9.14. The normalized spacial score (nSPS) is 9.92. The maximum Gasteiger partial charge on any atom is 0.163 e. The van der Waals surface area contributed by atoms with Crippen LogP contribution in [0.2, 0.25) is 5.02 Å². The lowest BCUT2D eigenvalue weighted by Crippen LogP contribution is -1.97. The Labute approximate surface area is 84.9 Å². The molecule has 0 aromatic heterocycles. The number of Topliss-reactive ketones (excluding diaryl/α,β-unsaturated/α-hetero) is 1. The molecule has 12 heavy (non-hydrogen) atoms. The van der Waals surface area contributed by atoms with Crippen molar-refractivity contribution >= 4 is 33.3 Å². The van der Waals surface area contributed by atoms with Gasteiger partial charge in [-0.3, -0.25) is 4.79 Å². The lowest BCUT2D eigenvalue weighted by molar-refractivity contribution is 0.0987. The molecule has 0 heterocycles. The number of halogens is 2. The number of rotatable bonds is 2. The molecule has 0 unspecified atom stereocenters. The van der Waals surface area contributed by atoms with Gasteiger partial charge in [0.25, 0.3) is 0 Å². The van der Waals surface area contributed by atoms with Gasteiger partial charge in [-0.2, -0.15) is 0 Å². The first-order valence-electron chi connectivity index (χ1n) is 3.63. The maximum absolute atomic E-state index is 11.3. The zero-order valence-corrected chi connectivity index (χ0v) is 8.95. The Morgan fingerprint density at radius 1 is 1.58 bits per heavy atom. The van der Waals surface area contributed by atoms with Crippen molar-refractivity contribution in [1.82, 2.24) is 0 Å². The van der Waals surface area contributed by atoms with E-state index in [9.17, 15) is 4.79 Å². The Hall–Kier alpha value is -0.340. The highest BCUT2D eigenvalue weighted by molar-refractivity contribution is 9.10. The summed E-state index contributed by atoms with van der Waals surface area (Å²) < 4.78 is 0.804. The Kier molecular flexibility index (Phi) is 3.29. The fourth-order valence-corrected chi connectivity index (χ4v) is 1.54. The predicted molar refractivity (Wildman–Crippen MR) is 53.8 cm³/mol. The molecule has 0 saturated carbocycles. The summed E-state index contributed by atoms with van der Waals surface area (Å²) in [5.74, 6) is 0.101. The van der Waals surface area contributed by atoms with Crippen LogP contribution in [-0.4, -0.2) is 5.78 Å². The minimum atomic E-state index is 0.101. The molecule has 1 aromatic rings. The molecule has 0 fully saturated rings. The van der Waals surface area contributed by atoms with Crippen molar-refractivity contribution in [2.75, 3.05) is 0 Å². The summed E-state index contributed by atoms with van der Waals surface area (Å²) in [5, 5.41) is 0.593. The summed E-state index contributed by atoms with van der Waals surface area (Å²) >= 11 is 9.04. The molecule has 1 aromatic carbocycles. The van der Waals surface area contributed by atoms with E-state index < -0.39 is 0 Å². The van der Waals surface area contributed by atoms with Crippen LogP contribution < -0.4 is 0 Å². The molecule has 0 bridgehead atoms. The van der Waals surface area contributed by atoms with Gasteiger partial charge >= 0.3 is 0 Å². The molecular weight excluding hydrogens is 239 g/mol. The molecule has 64 valence electrons. The zero-order valence-electron chi connectivity index (χ0n) is 6.60. The summed E-state index contributed by atoms with van der Waals surface area (Å²) in [6, 6.07) is 5.21. The van der Waals surface area contributed by atoms with Crippen LogP contribution >= 0.6 is 27.5 Å². The molecule has 0 atom stereocenters. The van der Waals surface area contributed by atoms with Crippen molar-refractivity contribution < 1.29 is 4.79 Å². The quantitative estimate of drug-likeness (QED) is 0.728. The lowest BCUT2D eigenvalue weighted by atomic mass is 10.1. The van der Waals surface area contributed by atoms with Crippen LogP contribution in [0.4, 0.5) is 0 Å². The van der Waals surface area contributed by atoms with Crippen LogP contribution in [0, 0.1) is 0 Å². The first-order valence-corrected chi connectivity index (χ1v) is 4.80. The molecule has 0 aliphatic heterocycles. The van der Waals surface area contributed by atoms with Crippen molar-refractivity contribution in [3.05, 3.63) is 33.3 Å². The minimum Gasteiger partial charge on any atom is -0.294 e. The van der Waals surface area contributed by atoms with Crippen molar-refractivity contribution in [1.29, 1.82) is 0 Å². The maximum atomic E-state index is 11.3. The number of hydrogen-bond donors (Lipinski definition) is 0. The minimum absolute atomic E-state index is 0.101. The van der Waals surface area contributed by atoms with Gasteiger partial charge in [0.05, 0.1) is 0 Å². The van der Waals surface area contributed by atoms with Gasteiger partial charge in [-0.1, -0.05) is 34.5 Å². The van der Waals surface area contributed by atoms with Crippen LogP contribution in [-0.2, 0) is 0 Å². The van der Waals surface area contributed by atoms with Gasteiger partial charge in [-0.15, -0.1) is 0 Å². The summed E-state index contributed by atoms with van der Waals surface area (Å²) in [6.07, 6.45) is 0.499. The highest BCUT2D eigenvalue weighted by Crippen LogP contribution is 2.22. The number of benzene rings is 1. The predicted octanol–water partition coefficient (Wildman–Crippen LogP) is 3.70. The average Bonchev–Trinajstić information content (AvgIpc) is 2.08. The van der Waals surface area contributed by atoms with Gasteiger partial charge in [0.1, 0.15) is 0 Å².